The number of amides is 2. The van der Waals surface area contributed by atoms with E-state index in [1.165, 1.54) is 11.3 Å². The van der Waals surface area contributed by atoms with E-state index in [4.69, 9.17) is 4.74 Å². The van der Waals surface area contributed by atoms with Gasteiger partial charge in [-0.1, -0.05) is 30.3 Å². The lowest BCUT2D eigenvalue weighted by Crippen LogP contribution is -2.58. The molecule has 1 aromatic carbocycles. The number of thiophene rings is 1. The predicted molar refractivity (Wildman–Crippen MR) is 105 cm³/mol. The van der Waals surface area contributed by atoms with E-state index in [0.717, 1.165) is 18.4 Å². The van der Waals surface area contributed by atoms with Gasteiger partial charge in [0.2, 0.25) is 5.91 Å². The summed E-state index contributed by atoms with van der Waals surface area (Å²) in [5.41, 5.74) is 1.49. The number of hydrogen-bond acceptors (Lipinski definition) is 5. The van der Waals surface area contributed by atoms with E-state index in [9.17, 15) is 14.4 Å². The maximum Gasteiger partial charge on any atom is 0.252 e. The largest absolute Gasteiger partial charge is 0.368 e. The molecule has 0 saturated carbocycles. The summed E-state index contributed by atoms with van der Waals surface area (Å²) >= 11 is 1.43. The van der Waals surface area contributed by atoms with Crippen molar-refractivity contribution in [1.82, 2.24) is 10.2 Å². The number of carbonyl (C=O) groups is 3. The number of fused-ring (bicyclic) bond motifs is 1. The van der Waals surface area contributed by atoms with Gasteiger partial charge in [0.25, 0.3) is 5.91 Å². The van der Waals surface area contributed by atoms with Crippen LogP contribution in [0.4, 0.5) is 0 Å². The zero-order valence-electron chi connectivity index (χ0n) is 15.4. The molecule has 7 heteroatoms. The van der Waals surface area contributed by atoms with Crippen LogP contribution in [0.25, 0.3) is 0 Å². The van der Waals surface area contributed by atoms with Gasteiger partial charge in [0, 0.05) is 18.3 Å². The van der Waals surface area contributed by atoms with E-state index in [1.54, 1.807) is 16.3 Å². The van der Waals surface area contributed by atoms with Crippen molar-refractivity contribution in [1.29, 1.82) is 0 Å². The van der Waals surface area contributed by atoms with Crippen molar-refractivity contribution < 1.29 is 19.1 Å². The summed E-state index contributed by atoms with van der Waals surface area (Å²) in [7, 11) is 0. The summed E-state index contributed by atoms with van der Waals surface area (Å²) in [5, 5.41) is 6.46. The van der Waals surface area contributed by atoms with Crippen LogP contribution in [-0.4, -0.2) is 53.8 Å². The minimum Gasteiger partial charge on any atom is -0.368 e. The minimum absolute atomic E-state index is 0.0549. The fraction of sp³-hybridized carbons (Fsp3) is 0.381. The van der Waals surface area contributed by atoms with Gasteiger partial charge in [0.05, 0.1) is 11.7 Å². The number of piperidine rings is 1. The summed E-state index contributed by atoms with van der Waals surface area (Å²) < 4.78 is 5.56. The molecule has 1 aromatic heterocycles. The lowest BCUT2D eigenvalue weighted by Gasteiger charge is -2.37. The van der Waals surface area contributed by atoms with E-state index in [-0.39, 0.29) is 30.3 Å². The Kier molecular flexibility index (Phi) is 5.54. The van der Waals surface area contributed by atoms with E-state index in [1.807, 2.05) is 35.7 Å². The Morgan fingerprint density at radius 3 is 2.82 bits per heavy atom. The molecule has 6 nitrogen and oxygen atoms in total. The topological polar surface area (TPSA) is 75.7 Å². The third-order valence-corrected chi connectivity index (χ3v) is 5.98. The molecule has 0 aliphatic carbocycles. The first-order valence-corrected chi connectivity index (χ1v) is 10.4. The third-order valence-electron chi connectivity index (χ3n) is 5.30. The van der Waals surface area contributed by atoms with Gasteiger partial charge in [-0.05, 0) is 29.9 Å². The molecule has 3 heterocycles. The quantitative estimate of drug-likeness (QED) is 0.836. The molecule has 2 amide bonds. The van der Waals surface area contributed by atoms with Crippen molar-refractivity contribution in [3.63, 3.8) is 0 Å². The maximum atomic E-state index is 13.4. The van der Waals surface area contributed by atoms with Crippen molar-refractivity contribution in [2.75, 3.05) is 13.2 Å². The predicted octanol–water partition coefficient (Wildman–Crippen LogP) is 2.05. The molecule has 2 fully saturated rings. The molecular weight excluding hydrogens is 376 g/mol. The average Bonchev–Trinajstić information content (AvgIpc) is 3.38. The zero-order chi connectivity index (χ0) is 19.5. The average molecular weight is 398 g/mol. The number of ether oxygens (including phenoxy) is 1. The van der Waals surface area contributed by atoms with Crippen LogP contribution in [-0.2, 0) is 20.7 Å². The van der Waals surface area contributed by atoms with Gasteiger partial charge in [-0.15, -0.1) is 0 Å². The highest BCUT2D eigenvalue weighted by atomic mass is 32.1. The van der Waals surface area contributed by atoms with Gasteiger partial charge in [0.15, 0.2) is 5.78 Å². The van der Waals surface area contributed by atoms with E-state index < -0.39 is 12.1 Å². The Morgan fingerprint density at radius 1 is 1.25 bits per heavy atom. The van der Waals surface area contributed by atoms with E-state index in [2.05, 4.69) is 5.32 Å². The summed E-state index contributed by atoms with van der Waals surface area (Å²) in [6, 6.07) is 10.0. The Morgan fingerprint density at radius 2 is 2.07 bits per heavy atom. The summed E-state index contributed by atoms with van der Waals surface area (Å²) in [5.74, 6) is -0.556. The lowest BCUT2D eigenvalue weighted by molar-refractivity contribution is -0.142. The van der Waals surface area contributed by atoms with Crippen molar-refractivity contribution in [2.24, 2.45) is 0 Å². The van der Waals surface area contributed by atoms with Gasteiger partial charge in [0.1, 0.15) is 18.7 Å². The lowest BCUT2D eigenvalue weighted by atomic mass is 9.95. The Balaban J connectivity index is 1.57. The van der Waals surface area contributed by atoms with Crippen molar-refractivity contribution in [3.8, 4) is 0 Å². The number of carbonyl (C=O) groups excluding carboxylic acids is 3. The molecule has 2 aliphatic rings. The Bertz CT molecular complexity index is 853. The maximum absolute atomic E-state index is 13.4. The highest BCUT2D eigenvalue weighted by Crippen LogP contribution is 2.27. The van der Waals surface area contributed by atoms with Crippen LogP contribution in [0.1, 0.15) is 28.8 Å². The monoisotopic (exact) mass is 398 g/mol. The Hall–Kier alpha value is -2.51. The van der Waals surface area contributed by atoms with Crippen LogP contribution >= 0.6 is 11.3 Å². The van der Waals surface area contributed by atoms with Gasteiger partial charge < -0.3 is 15.0 Å². The number of Topliss-reactive ketones (excluding diaryl/α,β-unsaturated/α-hetero) is 1. The van der Waals surface area contributed by atoms with Gasteiger partial charge in [-0.2, -0.15) is 11.3 Å². The molecule has 0 spiro atoms. The molecule has 2 aromatic rings. The highest BCUT2D eigenvalue weighted by Gasteiger charge is 2.45. The third kappa shape index (κ3) is 3.86. The second kappa shape index (κ2) is 8.24. The Labute approximate surface area is 167 Å². The van der Waals surface area contributed by atoms with Crippen LogP contribution in [0, 0.1) is 0 Å². The summed E-state index contributed by atoms with van der Waals surface area (Å²) in [4.78, 5) is 39.9. The molecular formula is C21H22N2O4S. The first-order valence-electron chi connectivity index (χ1n) is 9.45. The standard InChI is InChI=1S/C21H22N2O4S/c24-17-12-27-18-7-4-9-23(19(17)18)21(26)16(11-14-5-2-1-3-6-14)22-20(25)15-8-10-28-13-15/h1-3,5-6,8,10,13,16,18-19H,4,7,9,11-12H2,(H,22,25)/t16-,18?,19?/m0/s1. The molecule has 2 unspecified atom stereocenters. The van der Waals surface area contributed by atoms with Gasteiger partial charge >= 0.3 is 0 Å². The first kappa shape index (κ1) is 18.8. The summed E-state index contributed by atoms with van der Waals surface area (Å²) in [6.45, 7) is 0.568. The molecule has 1 N–H and O–H groups in total. The number of hydrogen-bond donors (Lipinski definition) is 1. The van der Waals surface area contributed by atoms with Crippen molar-refractivity contribution in [2.45, 2.75) is 37.5 Å². The molecule has 2 aliphatic heterocycles. The zero-order valence-corrected chi connectivity index (χ0v) is 16.2. The van der Waals surface area contributed by atoms with Gasteiger partial charge in [-0.25, -0.2) is 0 Å². The highest BCUT2D eigenvalue weighted by molar-refractivity contribution is 7.08. The molecule has 2 saturated heterocycles. The molecule has 0 bridgehead atoms. The number of nitrogens with zero attached hydrogens (tertiary/aromatic N) is 1. The molecule has 3 atom stereocenters. The number of benzene rings is 1. The summed E-state index contributed by atoms with van der Waals surface area (Å²) in [6.07, 6.45) is 1.72. The SMILES string of the molecule is O=C(N[C@@H](Cc1ccccc1)C(=O)N1CCCC2OCC(=O)C21)c1ccsc1. The fourth-order valence-electron chi connectivity index (χ4n) is 3.92. The molecule has 4 rings (SSSR count). The van der Waals surface area contributed by atoms with Crippen LogP contribution in [0.2, 0.25) is 0 Å². The normalized spacial score (nSPS) is 22.6. The smallest absolute Gasteiger partial charge is 0.252 e. The van der Waals surface area contributed by atoms with Crippen LogP contribution in [0.5, 0.6) is 0 Å². The molecule has 28 heavy (non-hydrogen) atoms. The number of rotatable bonds is 5. The second-order valence-electron chi connectivity index (χ2n) is 7.16. The second-order valence-corrected chi connectivity index (χ2v) is 7.94. The first-order chi connectivity index (χ1) is 13.6. The number of likely N-dealkylation sites (tertiary alicyclic amines) is 1. The molecule has 146 valence electrons. The van der Waals surface area contributed by atoms with Gasteiger partial charge in [-0.3, -0.25) is 14.4 Å². The van der Waals surface area contributed by atoms with Crippen molar-refractivity contribution >= 4 is 28.9 Å². The number of nitrogens with one attached hydrogen (secondary N) is 1. The van der Waals surface area contributed by atoms with Crippen LogP contribution < -0.4 is 5.32 Å². The fourth-order valence-corrected chi connectivity index (χ4v) is 4.56. The number of ketones is 1. The van der Waals surface area contributed by atoms with E-state index >= 15 is 0 Å². The van der Waals surface area contributed by atoms with Crippen molar-refractivity contribution in [3.05, 3.63) is 58.3 Å². The van der Waals surface area contributed by atoms with Crippen LogP contribution in [0.15, 0.2) is 47.2 Å². The van der Waals surface area contributed by atoms with E-state index in [0.29, 0.717) is 18.5 Å². The minimum atomic E-state index is -0.734. The van der Waals surface area contributed by atoms with Crippen LogP contribution in [0.3, 0.4) is 0 Å². The molecule has 0 radical (unpaired) electrons.